The van der Waals surface area contributed by atoms with Crippen LogP contribution < -0.4 is 10.6 Å². The van der Waals surface area contributed by atoms with Crippen LogP contribution >= 0.6 is 11.6 Å². The van der Waals surface area contributed by atoms with Gasteiger partial charge in [0.1, 0.15) is 0 Å². The van der Waals surface area contributed by atoms with E-state index in [2.05, 4.69) is 10.6 Å². The van der Waals surface area contributed by atoms with E-state index in [0.717, 1.165) is 12.8 Å². The van der Waals surface area contributed by atoms with Gasteiger partial charge >= 0.3 is 12.0 Å². The van der Waals surface area contributed by atoms with Crippen molar-refractivity contribution >= 4 is 35.0 Å². The number of carbonyl (C=O) groups is 2. The molecule has 2 aromatic rings. The van der Waals surface area contributed by atoms with Gasteiger partial charge in [-0.25, -0.2) is 9.59 Å². The number of benzene rings is 2. The average molecular weight is 347 g/mol. The second-order valence-electron chi connectivity index (χ2n) is 5.16. The number of nitrogens with one attached hydrogen (secondary N) is 2. The maximum absolute atomic E-state index is 12.0. The Bertz CT molecular complexity index is 702. The summed E-state index contributed by atoms with van der Waals surface area (Å²) in [5.74, 6) is -0.398. The van der Waals surface area contributed by atoms with E-state index in [9.17, 15) is 9.59 Å². The Kier molecular flexibility index (Phi) is 6.63. The predicted molar refractivity (Wildman–Crippen MR) is 95.7 cm³/mol. The molecule has 0 aliphatic carbocycles. The molecule has 0 saturated heterocycles. The quantitative estimate of drug-likeness (QED) is 0.575. The molecule has 0 aromatic heterocycles. The molecule has 0 unspecified atom stereocenters. The number of unbranched alkanes of at least 4 members (excludes halogenated alkanes) is 1. The molecule has 2 N–H and O–H groups in total. The van der Waals surface area contributed by atoms with Crippen molar-refractivity contribution < 1.29 is 14.3 Å². The van der Waals surface area contributed by atoms with Crippen molar-refractivity contribution in [2.45, 2.75) is 19.8 Å². The third-order valence-electron chi connectivity index (χ3n) is 3.19. The average Bonchev–Trinajstić information content (AvgIpc) is 2.57. The zero-order chi connectivity index (χ0) is 17.4. The fourth-order valence-electron chi connectivity index (χ4n) is 1.94. The molecular formula is C18H19ClN2O3. The molecule has 0 saturated carbocycles. The molecule has 0 aliphatic heterocycles. The predicted octanol–water partition coefficient (Wildman–Crippen LogP) is 4.94. The summed E-state index contributed by atoms with van der Waals surface area (Å²) in [5.41, 5.74) is 1.52. The van der Waals surface area contributed by atoms with Crippen molar-refractivity contribution in [3.05, 3.63) is 59.1 Å². The lowest BCUT2D eigenvalue weighted by Crippen LogP contribution is -2.19. The van der Waals surface area contributed by atoms with Crippen LogP contribution in [0, 0.1) is 0 Å². The van der Waals surface area contributed by atoms with Crippen molar-refractivity contribution in [1.82, 2.24) is 0 Å². The topological polar surface area (TPSA) is 67.4 Å². The molecule has 0 heterocycles. The number of amides is 2. The minimum atomic E-state index is -0.408. The molecular weight excluding hydrogens is 328 g/mol. The molecule has 0 atom stereocenters. The van der Waals surface area contributed by atoms with E-state index in [4.69, 9.17) is 16.3 Å². The van der Waals surface area contributed by atoms with Gasteiger partial charge < -0.3 is 15.4 Å². The van der Waals surface area contributed by atoms with Crippen LogP contribution in [0.25, 0.3) is 0 Å². The van der Waals surface area contributed by atoms with Crippen LogP contribution in [-0.2, 0) is 4.74 Å². The Hall–Kier alpha value is -2.53. The maximum atomic E-state index is 12.0. The van der Waals surface area contributed by atoms with Gasteiger partial charge in [-0.2, -0.15) is 0 Å². The molecule has 0 aliphatic rings. The van der Waals surface area contributed by atoms with Gasteiger partial charge in [0, 0.05) is 16.4 Å². The number of halogens is 1. The summed E-state index contributed by atoms with van der Waals surface area (Å²) < 4.78 is 5.16. The molecule has 2 aromatic carbocycles. The highest BCUT2D eigenvalue weighted by molar-refractivity contribution is 6.30. The van der Waals surface area contributed by atoms with Gasteiger partial charge in [-0.15, -0.1) is 0 Å². The van der Waals surface area contributed by atoms with Crippen molar-refractivity contribution in [3.63, 3.8) is 0 Å². The first-order chi connectivity index (χ1) is 11.6. The second-order valence-corrected chi connectivity index (χ2v) is 5.59. The van der Waals surface area contributed by atoms with Gasteiger partial charge in [0.15, 0.2) is 0 Å². The summed E-state index contributed by atoms with van der Waals surface area (Å²) in [4.78, 5) is 23.9. The summed E-state index contributed by atoms with van der Waals surface area (Å²) in [6.07, 6.45) is 1.78. The molecule has 0 fully saturated rings. The molecule has 2 amide bonds. The Morgan fingerprint density at radius 1 is 1.04 bits per heavy atom. The molecule has 0 bridgehead atoms. The smallest absolute Gasteiger partial charge is 0.338 e. The highest BCUT2D eigenvalue weighted by Crippen LogP contribution is 2.15. The SMILES string of the molecule is CCCCOC(=O)c1cccc(NC(=O)Nc2ccc(Cl)cc2)c1. The van der Waals surface area contributed by atoms with Gasteiger partial charge in [-0.3, -0.25) is 0 Å². The third kappa shape index (κ3) is 5.59. The van der Waals surface area contributed by atoms with Gasteiger partial charge in [-0.1, -0.05) is 31.0 Å². The molecule has 2 rings (SSSR count). The lowest BCUT2D eigenvalue weighted by Gasteiger charge is -2.09. The number of ether oxygens (including phenoxy) is 1. The van der Waals surface area contributed by atoms with Crippen LogP contribution in [0.5, 0.6) is 0 Å². The number of hydrogen-bond donors (Lipinski definition) is 2. The first-order valence-corrected chi connectivity index (χ1v) is 8.07. The highest BCUT2D eigenvalue weighted by atomic mass is 35.5. The monoisotopic (exact) mass is 346 g/mol. The summed E-state index contributed by atoms with van der Waals surface area (Å²) in [6, 6.07) is 13.0. The molecule has 126 valence electrons. The Labute approximate surface area is 146 Å². The van der Waals surface area contributed by atoms with Crippen molar-refractivity contribution in [2.24, 2.45) is 0 Å². The van der Waals surface area contributed by atoms with Gasteiger partial charge in [0.25, 0.3) is 0 Å². The summed E-state index contributed by atoms with van der Waals surface area (Å²) in [5, 5.41) is 5.95. The van der Waals surface area contributed by atoms with Crippen LogP contribution in [0.1, 0.15) is 30.1 Å². The molecule has 24 heavy (non-hydrogen) atoms. The lowest BCUT2D eigenvalue weighted by atomic mass is 10.2. The van der Waals surface area contributed by atoms with E-state index < -0.39 is 12.0 Å². The lowest BCUT2D eigenvalue weighted by molar-refractivity contribution is 0.0500. The van der Waals surface area contributed by atoms with Crippen LogP contribution in [0.4, 0.5) is 16.2 Å². The van der Waals surface area contributed by atoms with Gasteiger partial charge in [0.05, 0.1) is 12.2 Å². The molecule has 0 radical (unpaired) electrons. The van der Waals surface area contributed by atoms with Gasteiger partial charge in [0.2, 0.25) is 0 Å². The van der Waals surface area contributed by atoms with Crippen LogP contribution in [0.15, 0.2) is 48.5 Å². The maximum Gasteiger partial charge on any atom is 0.338 e. The Morgan fingerprint density at radius 2 is 1.75 bits per heavy atom. The number of rotatable bonds is 6. The largest absolute Gasteiger partial charge is 0.462 e. The molecule has 0 spiro atoms. The van der Waals surface area contributed by atoms with Crippen molar-refractivity contribution in [2.75, 3.05) is 17.2 Å². The van der Waals surface area contributed by atoms with E-state index >= 15 is 0 Å². The van der Waals surface area contributed by atoms with E-state index in [1.165, 1.54) is 0 Å². The second kappa shape index (κ2) is 8.93. The van der Waals surface area contributed by atoms with Crippen LogP contribution in [-0.4, -0.2) is 18.6 Å². The zero-order valence-electron chi connectivity index (χ0n) is 13.3. The van der Waals surface area contributed by atoms with E-state index in [-0.39, 0.29) is 0 Å². The van der Waals surface area contributed by atoms with Crippen molar-refractivity contribution in [3.8, 4) is 0 Å². The zero-order valence-corrected chi connectivity index (χ0v) is 14.1. The fourth-order valence-corrected chi connectivity index (χ4v) is 2.07. The molecule has 5 nitrogen and oxygen atoms in total. The van der Waals surface area contributed by atoms with Crippen LogP contribution in [0.3, 0.4) is 0 Å². The number of hydrogen-bond acceptors (Lipinski definition) is 3. The Balaban J connectivity index is 1.94. The van der Waals surface area contributed by atoms with E-state index in [1.54, 1.807) is 48.5 Å². The summed E-state index contributed by atoms with van der Waals surface area (Å²) in [6.45, 7) is 2.42. The van der Waals surface area contributed by atoms with Gasteiger partial charge in [-0.05, 0) is 48.9 Å². The number of urea groups is 1. The normalized spacial score (nSPS) is 10.1. The van der Waals surface area contributed by atoms with E-state index in [1.807, 2.05) is 6.92 Å². The Morgan fingerprint density at radius 3 is 2.46 bits per heavy atom. The molecule has 6 heteroatoms. The fraction of sp³-hybridized carbons (Fsp3) is 0.222. The third-order valence-corrected chi connectivity index (χ3v) is 3.44. The van der Waals surface area contributed by atoms with Crippen LogP contribution in [0.2, 0.25) is 5.02 Å². The summed E-state index contributed by atoms with van der Waals surface area (Å²) >= 11 is 5.80. The first kappa shape index (κ1) is 17.8. The standard InChI is InChI=1S/C18H19ClN2O3/c1-2-3-11-24-17(22)13-5-4-6-16(12-13)21-18(23)20-15-9-7-14(19)8-10-15/h4-10,12H,2-3,11H2,1H3,(H2,20,21,23). The number of anilines is 2. The minimum Gasteiger partial charge on any atom is -0.462 e. The first-order valence-electron chi connectivity index (χ1n) is 7.69. The van der Waals surface area contributed by atoms with E-state index in [0.29, 0.717) is 28.6 Å². The highest BCUT2D eigenvalue weighted by Gasteiger charge is 2.09. The number of carbonyl (C=O) groups excluding carboxylic acids is 2. The summed E-state index contributed by atoms with van der Waals surface area (Å²) in [7, 11) is 0. The number of esters is 1. The van der Waals surface area contributed by atoms with Crippen molar-refractivity contribution in [1.29, 1.82) is 0 Å². The minimum absolute atomic E-state index is 0.393.